The van der Waals surface area contributed by atoms with Gasteiger partial charge in [-0.15, -0.1) is 0 Å². The Morgan fingerprint density at radius 3 is 2.22 bits per heavy atom. The van der Waals surface area contributed by atoms with E-state index in [2.05, 4.69) is 87.2 Å². The van der Waals surface area contributed by atoms with Crippen molar-refractivity contribution in [3.63, 3.8) is 0 Å². The predicted octanol–water partition coefficient (Wildman–Crippen LogP) is 9.30. The number of hydrogen-bond acceptors (Lipinski definition) is 1. The summed E-state index contributed by atoms with van der Waals surface area (Å²) in [6.07, 6.45) is 9.71. The van der Waals surface area contributed by atoms with Gasteiger partial charge in [-0.3, -0.25) is 4.79 Å². The molecule has 0 bridgehead atoms. The van der Waals surface area contributed by atoms with Crippen LogP contribution < -0.4 is 0 Å². The van der Waals surface area contributed by atoms with Crippen LogP contribution in [-0.4, -0.2) is 5.78 Å². The first-order valence-corrected chi connectivity index (χ1v) is 13.7. The van der Waals surface area contributed by atoms with Crippen molar-refractivity contribution < 1.29 is 4.79 Å². The lowest BCUT2D eigenvalue weighted by Crippen LogP contribution is -2.18. The minimum atomic E-state index is -0.148. The summed E-state index contributed by atoms with van der Waals surface area (Å²) in [5.41, 5.74) is 9.44. The van der Waals surface area contributed by atoms with E-state index in [1.807, 2.05) is 19.9 Å². The predicted molar refractivity (Wildman–Crippen MR) is 154 cm³/mol. The van der Waals surface area contributed by atoms with E-state index in [0.717, 1.165) is 40.2 Å². The summed E-state index contributed by atoms with van der Waals surface area (Å²) < 4.78 is 0. The third-order valence-corrected chi connectivity index (χ3v) is 8.01. The van der Waals surface area contributed by atoms with Crippen LogP contribution in [0.15, 0.2) is 79.4 Å². The van der Waals surface area contributed by atoms with Gasteiger partial charge in [0.25, 0.3) is 0 Å². The number of allylic oxidation sites excluding steroid dienone is 1. The molecule has 3 aromatic rings. The first kappa shape index (κ1) is 25.9. The molecule has 1 fully saturated rings. The number of carbonyl (C=O) groups excluding carboxylic acids is 1. The molecule has 0 amide bonds. The van der Waals surface area contributed by atoms with E-state index in [4.69, 9.17) is 0 Å². The van der Waals surface area contributed by atoms with Crippen molar-refractivity contribution >= 4 is 17.4 Å². The average molecular weight is 477 g/mol. The SMILES string of the molecule is C=C(c1ccc(C2CCC(C)CC2)cc1)c1ccc2c(c1)C(Cc1ccccc1C)C(=O)C=C2.CC. The van der Waals surface area contributed by atoms with Gasteiger partial charge >= 0.3 is 0 Å². The molecule has 186 valence electrons. The molecule has 1 unspecified atom stereocenters. The van der Waals surface area contributed by atoms with Crippen LogP contribution in [0, 0.1) is 12.8 Å². The normalized spacial score (nSPS) is 20.8. The van der Waals surface area contributed by atoms with Crippen molar-refractivity contribution in [3.8, 4) is 0 Å². The van der Waals surface area contributed by atoms with Crippen LogP contribution in [0.25, 0.3) is 11.6 Å². The lowest BCUT2D eigenvalue weighted by atomic mass is 9.79. The summed E-state index contributed by atoms with van der Waals surface area (Å²) in [4.78, 5) is 12.9. The van der Waals surface area contributed by atoms with Gasteiger partial charge in [0.1, 0.15) is 0 Å². The van der Waals surface area contributed by atoms with Gasteiger partial charge in [0.15, 0.2) is 5.78 Å². The number of fused-ring (bicyclic) bond motifs is 1. The summed E-state index contributed by atoms with van der Waals surface area (Å²) >= 11 is 0. The minimum absolute atomic E-state index is 0.148. The zero-order valence-corrected chi connectivity index (χ0v) is 22.4. The topological polar surface area (TPSA) is 17.1 Å². The Hall–Kier alpha value is -3.19. The molecule has 0 saturated heterocycles. The Morgan fingerprint density at radius 2 is 1.53 bits per heavy atom. The van der Waals surface area contributed by atoms with Crippen molar-refractivity contribution in [2.45, 2.75) is 71.6 Å². The average Bonchev–Trinajstić information content (AvgIpc) is 2.92. The molecule has 0 radical (unpaired) electrons. The lowest BCUT2D eigenvalue weighted by molar-refractivity contribution is -0.116. The molecule has 0 heterocycles. The Balaban J connectivity index is 0.00000148. The van der Waals surface area contributed by atoms with Crippen molar-refractivity contribution in [2.24, 2.45) is 5.92 Å². The summed E-state index contributed by atoms with van der Waals surface area (Å²) in [5.74, 6) is 1.60. The van der Waals surface area contributed by atoms with Crippen LogP contribution in [0.4, 0.5) is 0 Å². The minimum Gasteiger partial charge on any atom is -0.294 e. The van der Waals surface area contributed by atoms with E-state index in [1.165, 1.54) is 42.4 Å². The fourth-order valence-corrected chi connectivity index (χ4v) is 5.64. The molecule has 1 heteroatoms. The number of aryl methyl sites for hydroxylation is 1. The molecule has 0 N–H and O–H groups in total. The second kappa shape index (κ2) is 11.7. The van der Waals surface area contributed by atoms with Gasteiger partial charge in [-0.2, -0.15) is 0 Å². The molecule has 1 atom stereocenters. The number of carbonyl (C=O) groups is 1. The standard InChI is InChI=1S/C33H34O.C2H6/c1-22-8-10-26(11-9-22)27-14-12-25(13-15-27)24(3)30-17-16-28-18-19-33(34)32(31(28)21-30)20-29-7-5-4-6-23(29)2;1-2/h4-7,12-19,21-22,26,32H,3,8-11,20H2,1-2H3;1-2H3. The monoisotopic (exact) mass is 476 g/mol. The highest BCUT2D eigenvalue weighted by atomic mass is 16.1. The number of hydrogen-bond donors (Lipinski definition) is 0. The number of rotatable bonds is 5. The smallest absolute Gasteiger partial charge is 0.163 e. The molecule has 2 aliphatic carbocycles. The molecule has 0 spiro atoms. The molecule has 3 aromatic carbocycles. The number of benzene rings is 3. The molecule has 1 saturated carbocycles. The third-order valence-electron chi connectivity index (χ3n) is 8.01. The van der Waals surface area contributed by atoms with Crippen LogP contribution in [0.3, 0.4) is 0 Å². The molecule has 1 nitrogen and oxygen atoms in total. The zero-order valence-electron chi connectivity index (χ0n) is 22.4. The van der Waals surface area contributed by atoms with Gasteiger partial charge < -0.3 is 0 Å². The van der Waals surface area contributed by atoms with Crippen LogP contribution in [0.1, 0.15) is 97.2 Å². The quantitative estimate of drug-likeness (QED) is 0.358. The van der Waals surface area contributed by atoms with Crippen molar-refractivity contribution in [3.05, 3.63) is 118 Å². The maximum absolute atomic E-state index is 12.9. The largest absolute Gasteiger partial charge is 0.294 e. The van der Waals surface area contributed by atoms with Gasteiger partial charge in [0.05, 0.1) is 5.92 Å². The highest BCUT2D eigenvalue weighted by Crippen LogP contribution is 2.37. The first-order chi connectivity index (χ1) is 17.5. The molecule has 5 rings (SSSR count). The molecule has 0 aromatic heterocycles. The Labute approximate surface area is 218 Å². The van der Waals surface area contributed by atoms with E-state index in [0.29, 0.717) is 5.92 Å². The highest BCUT2D eigenvalue weighted by Gasteiger charge is 2.26. The van der Waals surface area contributed by atoms with E-state index in [9.17, 15) is 4.79 Å². The van der Waals surface area contributed by atoms with E-state index in [1.54, 1.807) is 6.08 Å². The third kappa shape index (κ3) is 5.62. The maximum Gasteiger partial charge on any atom is 0.163 e. The first-order valence-electron chi connectivity index (χ1n) is 13.7. The summed E-state index contributed by atoms with van der Waals surface area (Å²) in [7, 11) is 0. The van der Waals surface area contributed by atoms with Gasteiger partial charge in [-0.05, 0) is 94.7 Å². The van der Waals surface area contributed by atoms with Gasteiger partial charge in [-0.1, -0.05) is 107 Å². The Kier molecular flexibility index (Phi) is 8.41. The van der Waals surface area contributed by atoms with Crippen molar-refractivity contribution in [1.82, 2.24) is 0 Å². The van der Waals surface area contributed by atoms with Gasteiger partial charge in [0, 0.05) is 0 Å². The van der Waals surface area contributed by atoms with E-state index < -0.39 is 0 Å². The molecule has 0 aliphatic heterocycles. The zero-order chi connectivity index (χ0) is 25.7. The molecule has 36 heavy (non-hydrogen) atoms. The Morgan fingerprint density at radius 1 is 0.861 bits per heavy atom. The van der Waals surface area contributed by atoms with E-state index in [-0.39, 0.29) is 11.7 Å². The fourth-order valence-electron chi connectivity index (χ4n) is 5.64. The second-order valence-corrected chi connectivity index (χ2v) is 10.3. The van der Waals surface area contributed by atoms with Crippen molar-refractivity contribution in [2.75, 3.05) is 0 Å². The van der Waals surface area contributed by atoms with Crippen LogP contribution in [0.2, 0.25) is 0 Å². The molecular weight excluding hydrogens is 436 g/mol. The van der Waals surface area contributed by atoms with Crippen LogP contribution in [-0.2, 0) is 11.2 Å². The summed E-state index contributed by atoms with van der Waals surface area (Å²) in [5, 5.41) is 0. The molecular formula is C35H40O. The van der Waals surface area contributed by atoms with E-state index >= 15 is 0 Å². The van der Waals surface area contributed by atoms with Gasteiger partial charge in [-0.25, -0.2) is 0 Å². The lowest BCUT2D eigenvalue weighted by Gasteiger charge is -2.26. The fraction of sp³-hybridized carbons (Fsp3) is 0.343. The summed E-state index contributed by atoms with van der Waals surface area (Å²) in [6, 6.07) is 23.9. The molecule has 2 aliphatic rings. The van der Waals surface area contributed by atoms with Crippen molar-refractivity contribution in [1.29, 1.82) is 0 Å². The number of ketones is 1. The second-order valence-electron chi connectivity index (χ2n) is 10.3. The van der Waals surface area contributed by atoms with Gasteiger partial charge in [0.2, 0.25) is 0 Å². The highest BCUT2D eigenvalue weighted by molar-refractivity contribution is 6.02. The van der Waals surface area contributed by atoms with Crippen LogP contribution >= 0.6 is 0 Å². The summed E-state index contributed by atoms with van der Waals surface area (Å²) in [6.45, 7) is 12.9. The Bertz CT molecular complexity index is 1240. The maximum atomic E-state index is 12.9. The van der Waals surface area contributed by atoms with Crippen LogP contribution in [0.5, 0.6) is 0 Å².